The predicted molar refractivity (Wildman–Crippen MR) is 112 cm³/mol. The van der Waals surface area contributed by atoms with Gasteiger partial charge in [0.25, 0.3) is 5.91 Å². The van der Waals surface area contributed by atoms with E-state index >= 15 is 0 Å². The number of anilines is 1. The molecule has 0 radical (unpaired) electrons. The second-order valence-electron chi connectivity index (χ2n) is 7.01. The van der Waals surface area contributed by atoms with Gasteiger partial charge in [-0.05, 0) is 24.6 Å². The lowest BCUT2D eigenvalue weighted by molar-refractivity contribution is 0.0746. The van der Waals surface area contributed by atoms with Crippen molar-refractivity contribution in [3.63, 3.8) is 0 Å². The maximum atomic E-state index is 13.1. The van der Waals surface area contributed by atoms with Gasteiger partial charge in [0.15, 0.2) is 0 Å². The Labute approximate surface area is 170 Å². The second kappa shape index (κ2) is 8.07. The molecule has 1 aromatic heterocycles. The van der Waals surface area contributed by atoms with Crippen LogP contribution in [0.25, 0.3) is 0 Å². The number of carbonyl (C=O) groups excluding carboxylic acids is 1. The van der Waals surface area contributed by atoms with Crippen LogP contribution in [-0.2, 0) is 6.54 Å². The van der Waals surface area contributed by atoms with Crippen molar-refractivity contribution in [2.75, 3.05) is 31.1 Å². The summed E-state index contributed by atoms with van der Waals surface area (Å²) in [6.07, 6.45) is 0. The molecular formula is C22H23ClN4O. The highest BCUT2D eigenvalue weighted by atomic mass is 35.5. The maximum absolute atomic E-state index is 13.1. The molecule has 0 bridgehead atoms. The molecule has 4 rings (SSSR count). The van der Waals surface area contributed by atoms with Crippen LogP contribution in [-0.4, -0.2) is 46.8 Å². The van der Waals surface area contributed by atoms with Gasteiger partial charge in [0.2, 0.25) is 0 Å². The van der Waals surface area contributed by atoms with Gasteiger partial charge in [-0.2, -0.15) is 5.10 Å². The van der Waals surface area contributed by atoms with Crippen LogP contribution >= 0.6 is 11.6 Å². The SMILES string of the molecule is Cc1nn(Cc2ccccc2)c(Cl)c1C(=O)N1CCN(c2ccccc2)CC1. The van der Waals surface area contributed by atoms with Crippen molar-refractivity contribution >= 4 is 23.2 Å². The minimum atomic E-state index is -0.0328. The number of para-hydroxylation sites is 1. The Morgan fingerprint density at radius 3 is 2.21 bits per heavy atom. The highest BCUT2D eigenvalue weighted by molar-refractivity contribution is 6.33. The van der Waals surface area contributed by atoms with E-state index in [1.807, 2.05) is 60.4 Å². The largest absolute Gasteiger partial charge is 0.368 e. The maximum Gasteiger partial charge on any atom is 0.259 e. The number of aryl methyl sites for hydroxylation is 1. The molecule has 1 amide bonds. The second-order valence-corrected chi connectivity index (χ2v) is 7.37. The summed E-state index contributed by atoms with van der Waals surface area (Å²) >= 11 is 6.56. The summed E-state index contributed by atoms with van der Waals surface area (Å²) in [5.41, 5.74) is 3.49. The average molecular weight is 395 g/mol. The summed E-state index contributed by atoms with van der Waals surface area (Å²) in [6, 6.07) is 20.3. The van der Waals surface area contributed by atoms with E-state index in [1.54, 1.807) is 4.68 Å². The number of hydrogen-bond donors (Lipinski definition) is 0. The van der Waals surface area contributed by atoms with Gasteiger partial charge in [-0.1, -0.05) is 60.1 Å². The molecule has 1 saturated heterocycles. The van der Waals surface area contributed by atoms with Crippen molar-refractivity contribution in [2.45, 2.75) is 13.5 Å². The van der Waals surface area contributed by atoms with Gasteiger partial charge >= 0.3 is 0 Å². The highest BCUT2D eigenvalue weighted by Gasteiger charge is 2.27. The van der Waals surface area contributed by atoms with Crippen molar-refractivity contribution in [3.8, 4) is 0 Å². The molecule has 3 aromatic rings. The summed E-state index contributed by atoms with van der Waals surface area (Å²) in [7, 11) is 0. The van der Waals surface area contributed by atoms with E-state index < -0.39 is 0 Å². The first-order valence-electron chi connectivity index (χ1n) is 9.49. The molecule has 2 aromatic carbocycles. The first-order chi connectivity index (χ1) is 13.6. The average Bonchev–Trinajstić information content (AvgIpc) is 3.02. The zero-order valence-electron chi connectivity index (χ0n) is 15.9. The van der Waals surface area contributed by atoms with Crippen molar-refractivity contribution in [3.05, 3.63) is 82.6 Å². The molecule has 1 fully saturated rings. The van der Waals surface area contributed by atoms with Crippen molar-refractivity contribution in [2.24, 2.45) is 0 Å². The summed E-state index contributed by atoms with van der Waals surface area (Å²) in [6.45, 7) is 5.37. The van der Waals surface area contributed by atoms with E-state index in [2.05, 4.69) is 22.1 Å². The Morgan fingerprint density at radius 2 is 1.57 bits per heavy atom. The Balaban J connectivity index is 1.47. The molecule has 5 nitrogen and oxygen atoms in total. The molecule has 1 aliphatic rings. The van der Waals surface area contributed by atoms with Crippen LogP contribution in [0.15, 0.2) is 60.7 Å². The van der Waals surface area contributed by atoms with Gasteiger partial charge in [-0.15, -0.1) is 0 Å². The lowest BCUT2D eigenvalue weighted by Crippen LogP contribution is -2.48. The number of benzene rings is 2. The fourth-order valence-electron chi connectivity index (χ4n) is 3.62. The predicted octanol–water partition coefficient (Wildman–Crippen LogP) is 3.86. The number of rotatable bonds is 4. The third kappa shape index (κ3) is 3.76. The van der Waals surface area contributed by atoms with Crippen LogP contribution in [0.1, 0.15) is 21.6 Å². The zero-order valence-corrected chi connectivity index (χ0v) is 16.6. The third-order valence-corrected chi connectivity index (χ3v) is 5.53. The molecule has 0 unspecified atom stereocenters. The first kappa shape index (κ1) is 18.6. The van der Waals surface area contributed by atoms with Gasteiger partial charge in [0, 0.05) is 31.9 Å². The summed E-state index contributed by atoms with van der Waals surface area (Å²) in [5, 5.41) is 4.92. The molecule has 28 heavy (non-hydrogen) atoms. The number of aromatic nitrogens is 2. The van der Waals surface area contributed by atoms with E-state index in [4.69, 9.17) is 11.6 Å². The zero-order chi connectivity index (χ0) is 19.5. The van der Waals surface area contributed by atoms with Gasteiger partial charge in [-0.3, -0.25) is 4.79 Å². The molecule has 2 heterocycles. The van der Waals surface area contributed by atoms with Crippen molar-refractivity contribution in [1.82, 2.24) is 14.7 Å². The van der Waals surface area contributed by atoms with Crippen LogP contribution in [0, 0.1) is 6.92 Å². The van der Waals surface area contributed by atoms with E-state index in [9.17, 15) is 4.79 Å². The van der Waals surface area contributed by atoms with Crippen molar-refractivity contribution in [1.29, 1.82) is 0 Å². The van der Waals surface area contributed by atoms with Gasteiger partial charge in [-0.25, -0.2) is 4.68 Å². The number of hydrogen-bond acceptors (Lipinski definition) is 3. The molecular weight excluding hydrogens is 372 g/mol. The van der Waals surface area contributed by atoms with Crippen LogP contribution in [0.5, 0.6) is 0 Å². The third-order valence-electron chi connectivity index (χ3n) is 5.14. The number of amides is 1. The number of piperazine rings is 1. The molecule has 0 saturated carbocycles. The van der Waals surface area contributed by atoms with E-state index in [0.717, 1.165) is 18.7 Å². The van der Waals surface area contributed by atoms with E-state index in [0.29, 0.717) is 36.0 Å². The lowest BCUT2D eigenvalue weighted by Gasteiger charge is -2.36. The van der Waals surface area contributed by atoms with Gasteiger partial charge in [0.05, 0.1) is 17.8 Å². The van der Waals surface area contributed by atoms with E-state index in [-0.39, 0.29) is 5.91 Å². The molecule has 0 spiro atoms. The smallest absolute Gasteiger partial charge is 0.259 e. The minimum absolute atomic E-state index is 0.0328. The Kier molecular flexibility index (Phi) is 5.35. The molecule has 0 aliphatic carbocycles. The normalized spacial score (nSPS) is 14.4. The Morgan fingerprint density at radius 1 is 0.964 bits per heavy atom. The molecule has 1 aliphatic heterocycles. The minimum Gasteiger partial charge on any atom is -0.368 e. The Hall–Kier alpha value is -2.79. The Bertz CT molecular complexity index is 947. The topological polar surface area (TPSA) is 41.4 Å². The molecule has 0 atom stereocenters. The molecule has 144 valence electrons. The summed E-state index contributed by atoms with van der Waals surface area (Å²) in [4.78, 5) is 17.3. The standard InChI is InChI=1S/C22H23ClN4O/c1-17-20(21(23)27(24-17)16-18-8-4-2-5-9-18)22(28)26-14-12-25(13-15-26)19-10-6-3-7-11-19/h2-11H,12-16H2,1H3. The number of nitrogens with zero attached hydrogens (tertiary/aromatic N) is 4. The number of carbonyl (C=O) groups is 1. The van der Waals surface area contributed by atoms with Crippen molar-refractivity contribution < 1.29 is 4.79 Å². The monoisotopic (exact) mass is 394 g/mol. The first-order valence-corrected chi connectivity index (χ1v) is 9.87. The van der Waals surface area contributed by atoms with Gasteiger partial charge in [0.1, 0.15) is 5.15 Å². The highest BCUT2D eigenvalue weighted by Crippen LogP contribution is 2.24. The quantitative estimate of drug-likeness (QED) is 0.674. The lowest BCUT2D eigenvalue weighted by atomic mass is 10.2. The fraction of sp³-hybridized carbons (Fsp3) is 0.273. The molecule has 0 N–H and O–H groups in total. The van der Waals surface area contributed by atoms with Crippen LogP contribution in [0.2, 0.25) is 5.15 Å². The summed E-state index contributed by atoms with van der Waals surface area (Å²) in [5.74, 6) is -0.0328. The van der Waals surface area contributed by atoms with Gasteiger partial charge < -0.3 is 9.80 Å². The van der Waals surface area contributed by atoms with Crippen LogP contribution < -0.4 is 4.90 Å². The molecule has 6 heteroatoms. The fourth-order valence-corrected chi connectivity index (χ4v) is 3.94. The van der Waals surface area contributed by atoms with E-state index in [1.165, 1.54) is 5.69 Å². The number of halogens is 1. The summed E-state index contributed by atoms with van der Waals surface area (Å²) < 4.78 is 1.71. The van der Waals surface area contributed by atoms with Crippen LogP contribution in [0.4, 0.5) is 5.69 Å². The van der Waals surface area contributed by atoms with Crippen LogP contribution in [0.3, 0.4) is 0 Å².